The molecule has 0 aliphatic heterocycles. The molecule has 4 nitrogen and oxygen atoms in total. The number of carbonyl (C=O) groups is 1. The highest BCUT2D eigenvalue weighted by Crippen LogP contribution is 2.45. The summed E-state index contributed by atoms with van der Waals surface area (Å²) >= 11 is 3.53. The predicted molar refractivity (Wildman–Crippen MR) is 84.2 cm³/mol. The third kappa shape index (κ3) is 3.90. The predicted octanol–water partition coefficient (Wildman–Crippen LogP) is 4.00. The van der Waals surface area contributed by atoms with Gasteiger partial charge in [-0.2, -0.15) is 0 Å². The van der Waals surface area contributed by atoms with Gasteiger partial charge in [0.2, 0.25) is 0 Å². The number of ether oxygens (including phenoxy) is 2. The van der Waals surface area contributed by atoms with Crippen molar-refractivity contribution in [3.8, 4) is 11.5 Å². The van der Waals surface area contributed by atoms with Crippen LogP contribution in [0.25, 0.3) is 0 Å². The molecule has 0 bridgehead atoms. The van der Waals surface area contributed by atoms with E-state index in [4.69, 9.17) is 14.6 Å². The number of hydrogen-bond donors (Lipinski definition) is 1. The van der Waals surface area contributed by atoms with Crippen LogP contribution in [0.1, 0.15) is 38.7 Å². The Bertz CT molecular complexity index is 535. The van der Waals surface area contributed by atoms with Crippen LogP contribution in [0.5, 0.6) is 11.5 Å². The van der Waals surface area contributed by atoms with Gasteiger partial charge in [-0.1, -0.05) is 29.8 Å². The summed E-state index contributed by atoms with van der Waals surface area (Å²) in [6, 6.07) is 3.72. The maximum atomic E-state index is 11.2. The molecule has 1 saturated carbocycles. The summed E-state index contributed by atoms with van der Waals surface area (Å²) in [4.78, 5) is 11.2. The molecule has 5 heteroatoms. The van der Waals surface area contributed by atoms with Gasteiger partial charge in [-0.25, -0.2) is 0 Å². The highest BCUT2D eigenvalue weighted by Gasteiger charge is 2.32. The number of halogens is 1. The van der Waals surface area contributed by atoms with E-state index in [0.717, 1.165) is 10.0 Å². The van der Waals surface area contributed by atoms with E-state index in [0.29, 0.717) is 24.0 Å². The van der Waals surface area contributed by atoms with Crippen molar-refractivity contribution in [2.45, 2.75) is 38.5 Å². The van der Waals surface area contributed by atoms with Crippen molar-refractivity contribution in [2.75, 3.05) is 13.7 Å². The zero-order chi connectivity index (χ0) is 15.6. The van der Waals surface area contributed by atoms with Gasteiger partial charge in [0, 0.05) is 15.5 Å². The summed E-state index contributed by atoms with van der Waals surface area (Å²) in [5.41, 5.74) is 0.294. The Hall–Kier alpha value is -1.23. The number of carboxylic acids is 1. The van der Waals surface area contributed by atoms with E-state index in [1.54, 1.807) is 7.11 Å². The van der Waals surface area contributed by atoms with Crippen LogP contribution >= 0.6 is 15.9 Å². The maximum Gasteiger partial charge on any atom is 0.304 e. The second kappa shape index (κ2) is 6.26. The molecule has 2 rings (SSSR count). The zero-order valence-corrected chi connectivity index (χ0v) is 14.2. The summed E-state index contributed by atoms with van der Waals surface area (Å²) in [6.07, 6.45) is 2.42. The van der Waals surface area contributed by atoms with Crippen LogP contribution in [0, 0.1) is 5.92 Å². The molecular weight excluding hydrogens is 336 g/mol. The maximum absolute atomic E-state index is 11.2. The molecular formula is C16H21BrO4. The lowest BCUT2D eigenvalue weighted by molar-refractivity contribution is -0.138. The molecule has 0 amide bonds. The Labute approximate surface area is 133 Å². The smallest absolute Gasteiger partial charge is 0.304 e. The molecule has 116 valence electrons. The largest absolute Gasteiger partial charge is 0.493 e. The monoisotopic (exact) mass is 356 g/mol. The number of aliphatic carboxylic acids is 1. The molecule has 21 heavy (non-hydrogen) atoms. The molecule has 1 aromatic rings. The molecule has 0 spiro atoms. The Balaban J connectivity index is 2.41. The Morgan fingerprint density at radius 1 is 1.43 bits per heavy atom. The van der Waals surface area contributed by atoms with E-state index in [2.05, 4.69) is 15.9 Å². The van der Waals surface area contributed by atoms with Gasteiger partial charge in [0.15, 0.2) is 11.5 Å². The molecule has 0 saturated heterocycles. The number of rotatable bonds is 7. The van der Waals surface area contributed by atoms with E-state index in [1.807, 2.05) is 26.0 Å². The molecule has 0 atom stereocenters. The van der Waals surface area contributed by atoms with E-state index in [-0.39, 0.29) is 6.42 Å². The first-order chi connectivity index (χ1) is 9.85. The number of carboxylic acid groups (broad SMARTS) is 1. The molecule has 0 unspecified atom stereocenters. The molecule has 1 fully saturated rings. The van der Waals surface area contributed by atoms with Gasteiger partial charge in [0.05, 0.1) is 20.1 Å². The minimum Gasteiger partial charge on any atom is -0.493 e. The molecule has 1 aliphatic rings. The van der Waals surface area contributed by atoms with E-state index >= 15 is 0 Å². The van der Waals surface area contributed by atoms with Crippen molar-refractivity contribution in [1.82, 2.24) is 0 Å². The number of methoxy groups -OCH3 is 1. The van der Waals surface area contributed by atoms with Gasteiger partial charge < -0.3 is 14.6 Å². The fraction of sp³-hybridized carbons (Fsp3) is 0.562. The minimum atomic E-state index is -0.831. The normalized spacial score (nSPS) is 14.9. The molecule has 0 radical (unpaired) electrons. The number of hydrogen-bond acceptors (Lipinski definition) is 3. The van der Waals surface area contributed by atoms with Crippen LogP contribution in [0.3, 0.4) is 0 Å². The summed E-state index contributed by atoms with van der Waals surface area (Å²) < 4.78 is 12.2. The lowest BCUT2D eigenvalue weighted by atomic mass is 9.81. The average molecular weight is 357 g/mol. The quantitative estimate of drug-likeness (QED) is 0.802. The molecule has 0 aromatic heterocycles. The van der Waals surface area contributed by atoms with Crippen LogP contribution < -0.4 is 9.47 Å². The third-order valence-corrected chi connectivity index (χ3v) is 4.38. The first-order valence-corrected chi connectivity index (χ1v) is 7.86. The second-order valence-corrected chi connectivity index (χ2v) is 7.02. The SMILES string of the molecule is COc1ccc(Br)c(C(C)(C)CC(=O)O)c1OCC1CC1. The van der Waals surface area contributed by atoms with Gasteiger partial charge in [0.25, 0.3) is 0 Å². The summed E-state index contributed by atoms with van der Waals surface area (Å²) in [6.45, 7) is 4.47. The van der Waals surface area contributed by atoms with Crippen molar-refractivity contribution in [2.24, 2.45) is 5.92 Å². The van der Waals surface area contributed by atoms with Crippen LogP contribution in [-0.4, -0.2) is 24.8 Å². The molecule has 0 heterocycles. The van der Waals surface area contributed by atoms with Crippen LogP contribution in [0.15, 0.2) is 16.6 Å². The average Bonchev–Trinajstić information content (AvgIpc) is 3.18. The lowest BCUT2D eigenvalue weighted by Crippen LogP contribution is -2.24. The van der Waals surface area contributed by atoms with Crippen LogP contribution in [0.4, 0.5) is 0 Å². The third-order valence-electron chi connectivity index (χ3n) is 3.72. The van der Waals surface area contributed by atoms with Crippen molar-refractivity contribution >= 4 is 21.9 Å². The first kappa shape index (κ1) is 16.1. The zero-order valence-electron chi connectivity index (χ0n) is 12.6. The molecule has 1 N–H and O–H groups in total. The second-order valence-electron chi connectivity index (χ2n) is 6.16. The van der Waals surface area contributed by atoms with Gasteiger partial charge in [0.1, 0.15) is 0 Å². The Morgan fingerprint density at radius 3 is 2.62 bits per heavy atom. The van der Waals surface area contributed by atoms with E-state index in [1.165, 1.54) is 12.8 Å². The highest BCUT2D eigenvalue weighted by molar-refractivity contribution is 9.10. The molecule has 1 aliphatic carbocycles. The summed E-state index contributed by atoms with van der Waals surface area (Å²) in [5, 5.41) is 9.16. The van der Waals surface area contributed by atoms with Gasteiger partial charge in [-0.3, -0.25) is 4.79 Å². The first-order valence-electron chi connectivity index (χ1n) is 7.06. The Morgan fingerprint density at radius 2 is 2.10 bits per heavy atom. The topological polar surface area (TPSA) is 55.8 Å². The molecule has 1 aromatic carbocycles. The Kier molecular flexibility index (Phi) is 4.81. The lowest BCUT2D eigenvalue weighted by Gasteiger charge is -2.28. The highest BCUT2D eigenvalue weighted by atomic mass is 79.9. The summed E-state index contributed by atoms with van der Waals surface area (Å²) in [7, 11) is 1.60. The van der Waals surface area contributed by atoms with Crippen molar-refractivity contribution in [3.05, 3.63) is 22.2 Å². The van der Waals surface area contributed by atoms with Gasteiger partial charge >= 0.3 is 5.97 Å². The standard InChI is InChI=1S/C16H21BrO4/c1-16(2,8-13(18)19)14-11(17)6-7-12(20-3)15(14)21-9-10-4-5-10/h6-7,10H,4-5,8-9H2,1-3H3,(H,18,19). The van der Waals surface area contributed by atoms with Gasteiger partial charge in [-0.15, -0.1) is 0 Å². The van der Waals surface area contributed by atoms with Crippen molar-refractivity contribution < 1.29 is 19.4 Å². The van der Waals surface area contributed by atoms with E-state index < -0.39 is 11.4 Å². The van der Waals surface area contributed by atoms with Crippen LogP contribution in [0.2, 0.25) is 0 Å². The summed E-state index contributed by atoms with van der Waals surface area (Å²) in [5.74, 6) is 1.09. The van der Waals surface area contributed by atoms with E-state index in [9.17, 15) is 4.79 Å². The van der Waals surface area contributed by atoms with Crippen molar-refractivity contribution in [1.29, 1.82) is 0 Å². The van der Waals surface area contributed by atoms with Crippen LogP contribution in [-0.2, 0) is 10.2 Å². The number of benzene rings is 1. The minimum absolute atomic E-state index is 0.0263. The van der Waals surface area contributed by atoms with Crippen molar-refractivity contribution in [3.63, 3.8) is 0 Å². The van der Waals surface area contributed by atoms with Gasteiger partial charge in [-0.05, 0) is 30.9 Å². The fourth-order valence-corrected chi connectivity index (χ4v) is 3.28. The fourth-order valence-electron chi connectivity index (χ4n) is 2.43.